The van der Waals surface area contributed by atoms with E-state index in [4.69, 9.17) is 4.74 Å². The largest absolute Gasteiger partial charge is 0.462 e. The smallest absolute Gasteiger partial charge is 0.349 e. The molecule has 0 amide bonds. The first-order valence-corrected chi connectivity index (χ1v) is 7.33. The number of hydrogen-bond acceptors (Lipinski definition) is 6. The van der Waals surface area contributed by atoms with E-state index in [0.29, 0.717) is 0 Å². The van der Waals surface area contributed by atoms with Gasteiger partial charge in [0.25, 0.3) is 16.1 Å². The summed E-state index contributed by atoms with van der Waals surface area (Å²) in [5.74, 6) is -0.775. The molecule has 0 aromatic carbocycles. The first-order chi connectivity index (χ1) is 7.94. The Bertz CT molecular complexity index is 585. The van der Waals surface area contributed by atoms with Crippen LogP contribution in [0.15, 0.2) is 19.1 Å². The Morgan fingerprint density at radius 1 is 1.65 bits per heavy atom. The number of thiophene rings is 1. The molecule has 6 nitrogen and oxygen atoms in total. The quantitative estimate of drug-likeness (QED) is 0.473. The van der Waals surface area contributed by atoms with Crippen LogP contribution in [-0.4, -0.2) is 27.1 Å². The molecule has 0 N–H and O–H groups in total. The predicted octanol–water partition coefficient (Wildman–Crippen LogP) is 1.71. The number of esters is 1. The number of isocyanates is 1. The lowest BCUT2D eigenvalue weighted by atomic mass is 10.5. The summed E-state index contributed by atoms with van der Waals surface area (Å²) in [4.78, 5) is 21.0. The van der Waals surface area contributed by atoms with E-state index < -0.39 is 16.0 Å². The first kappa shape index (κ1) is 14.0. The van der Waals surface area contributed by atoms with E-state index in [0.717, 1.165) is 17.4 Å². The van der Waals surface area contributed by atoms with E-state index in [9.17, 15) is 18.0 Å². The van der Waals surface area contributed by atoms with Crippen molar-refractivity contribution in [2.24, 2.45) is 4.40 Å². The number of rotatable bonds is 4. The van der Waals surface area contributed by atoms with Crippen LogP contribution in [0.4, 0.5) is 0 Å². The third-order valence-corrected chi connectivity index (χ3v) is 5.11. The van der Waals surface area contributed by atoms with Gasteiger partial charge in [-0.2, -0.15) is 8.42 Å². The van der Waals surface area contributed by atoms with E-state index in [2.05, 4.69) is 20.3 Å². The third kappa shape index (κ3) is 3.01. The van der Waals surface area contributed by atoms with Crippen LogP contribution in [-0.2, 0) is 19.6 Å². The molecule has 0 unspecified atom stereocenters. The predicted molar refractivity (Wildman–Crippen MR) is 63.3 cm³/mol. The Hall–Kier alpha value is -1.02. The highest BCUT2D eigenvalue weighted by Gasteiger charge is 2.28. The second kappa shape index (κ2) is 5.54. The van der Waals surface area contributed by atoms with Crippen molar-refractivity contribution in [3.05, 3.63) is 14.7 Å². The normalized spacial score (nSPS) is 10.7. The van der Waals surface area contributed by atoms with Crippen molar-refractivity contribution in [1.82, 2.24) is 0 Å². The second-order valence-corrected chi connectivity index (χ2v) is 5.89. The van der Waals surface area contributed by atoms with Crippen molar-refractivity contribution in [3.63, 3.8) is 0 Å². The molecule has 0 bridgehead atoms. The van der Waals surface area contributed by atoms with Gasteiger partial charge in [0.05, 0.1) is 6.61 Å². The van der Waals surface area contributed by atoms with Crippen LogP contribution in [0.2, 0.25) is 0 Å². The minimum atomic E-state index is -4.23. The monoisotopic (exact) mass is 339 g/mol. The number of carbonyl (C=O) groups excluding carboxylic acids is 2. The zero-order chi connectivity index (χ0) is 13.1. The van der Waals surface area contributed by atoms with E-state index in [1.54, 1.807) is 6.92 Å². The first-order valence-electron chi connectivity index (χ1n) is 4.22. The Morgan fingerprint density at radius 3 is 2.82 bits per heavy atom. The van der Waals surface area contributed by atoms with Gasteiger partial charge in [-0.25, -0.2) is 9.59 Å². The Morgan fingerprint density at radius 2 is 2.29 bits per heavy atom. The lowest BCUT2D eigenvalue weighted by Crippen LogP contribution is -2.08. The average Bonchev–Trinajstić information content (AvgIpc) is 2.61. The van der Waals surface area contributed by atoms with Gasteiger partial charge in [0.1, 0.15) is 9.77 Å². The Balaban J connectivity index is 3.39. The summed E-state index contributed by atoms with van der Waals surface area (Å²) >= 11 is 3.86. The molecule has 0 saturated carbocycles. The molecule has 0 aliphatic carbocycles. The maximum atomic E-state index is 11.6. The number of nitrogens with zero attached hydrogens (tertiary/aromatic N) is 1. The van der Waals surface area contributed by atoms with E-state index in [1.165, 1.54) is 5.38 Å². The minimum Gasteiger partial charge on any atom is -0.462 e. The summed E-state index contributed by atoms with van der Waals surface area (Å²) in [6.45, 7) is 1.71. The summed E-state index contributed by atoms with van der Waals surface area (Å²) in [5, 5.41) is 1.40. The van der Waals surface area contributed by atoms with Crippen molar-refractivity contribution in [3.8, 4) is 0 Å². The molecule has 0 saturated heterocycles. The highest BCUT2D eigenvalue weighted by Crippen LogP contribution is 2.33. The van der Waals surface area contributed by atoms with E-state index in [-0.39, 0.29) is 20.9 Å². The molecular formula is C8H6BrNO5S2. The van der Waals surface area contributed by atoms with Crippen LogP contribution in [0.5, 0.6) is 0 Å². The topological polar surface area (TPSA) is 89.9 Å². The SMILES string of the molecule is CCOC(=O)c1scc(Br)c1S(=O)(=O)N=C=O. The molecular weight excluding hydrogens is 334 g/mol. The van der Waals surface area contributed by atoms with Crippen molar-refractivity contribution >= 4 is 49.3 Å². The molecule has 1 heterocycles. The van der Waals surface area contributed by atoms with Crippen LogP contribution >= 0.6 is 27.3 Å². The van der Waals surface area contributed by atoms with Crippen molar-refractivity contribution < 1.29 is 22.7 Å². The fraction of sp³-hybridized carbons (Fsp3) is 0.250. The molecule has 92 valence electrons. The zero-order valence-electron chi connectivity index (χ0n) is 8.47. The molecule has 0 atom stereocenters. The lowest BCUT2D eigenvalue weighted by molar-refractivity contribution is 0.0528. The maximum absolute atomic E-state index is 11.6. The van der Waals surface area contributed by atoms with Crippen LogP contribution < -0.4 is 0 Å². The Kier molecular flexibility index (Phi) is 4.58. The molecule has 0 fully saturated rings. The summed E-state index contributed by atoms with van der Waals surface area (Å²) in [7, 11) is -4.23. The number of hydrogen-bond donors (Lipinski definition) is 0. The van der Waals surface area contributed by atoms with Crippen molar-refractivity contribution in [1.29, 1.82) is 0 Å². The van der Waals surface area contributed by atoms with Crippen LogP contribution in [0.1, 0.15) is 16.6 Å². The van der Waals surface area contributed by atoms with Gasteiger partial charge in [-0.3, -0.25) is 0 Å². The lowest BCUT2D eigenvalue weighted by Gasteiger charge is -2.01. The minimum absolute atomic E-state index is 0.116. The van der Waals surface area contributed by atoms with E-state index >= 15 is 0 Å². The molecule has 0 aliphatic heterocycles. The fourth-order valence-electron chi connectivity index (χ4n) is 0.999. The van der Waals surface area contributed by atoms with Crippen LogP contribution in [0.25, 0.3) is 0 Å². The standard InChI is InChI=1S/C8H6BrNO5S2/c1-2-15-8(12)6-7(5(9)3-16-6)17(13,14)10-4-11/h3H,2H2,1H3. The number of halogens is 1. The molecule has 0 radical (unpaired) electrons. The van der Waals surface area contributed by atoms with Gasteiger partial charge >= 0.3 is 5.97 Å². The maximum Gasteiger partial charge on any atom is 0.349 e. The van der Waals surface area contributed by atoms with Gasteiger partial charge < -0.3 is 4.74 Å². The summed E-state index contributed by atoms with van der Waals surface area (Å²) in [6.07, 6.45) is 0.940. The molecule has 1 rings (SSSR count). The summed E-state index contributed by atoms with van der Waals surface area (Å²) in [6, 6.07) is 0. The molecule has 1 aromatic heterocycles. The number of sulfonamides is 1. The summed E-state index contributed by atoms with van der Waals surface area (Å²) < 4.78 is 30.7. The summed E-state index contributed by atoms with van der Waals surface area (Å²) in [5.41, 5.74) is 0. The second-order valence-electron chi connectivity index (χ2n) is 2.62. The highest BCUT2D eigenvalue weighted by atomic mass is 79.9. The van der Waals surface area contributed by atoms with Crippen molar-refractivity contribution in [2.75, 3.05) is 6.61 Å². The van der Waals surface area contributed by atoms with Gasteiger partial charge in [-0.05, 0) is 22.9 Å². The van der Waals surface area contributed by atoms with Crippen LogP contribution in [0.3, 0.4) is 0 Å². The van der Waals surface area contributed by atoms with Gasteiger partial charge in [0, 0.05) is 9.85 Å². The molecule has 9 heteroatoms. The third-order valence-electron chi connectivity index (χ3n) is 1.58. The van der Waals surface area contributed by atoms with Gasteiger partial charge in [-0.1, -0.05) is 4.40 Å². The molecule has 0 spiro atoms. The van der Waals surface area contributed by atoms with Gasteiger partial charge in [-0.15, -0.1) is 11.3 Å². The number of carbonyl (C=O) groups is 1. The van der Waals surface area contributed by atoms with Gasteiger partial charge in [0.2, 0.25) is 0 Å². The Labute approximate surface area is 109 Å². The highest BCUT2D eigenvalue weighted by molar-refractivity contribution is 9.10. The van der Waals surface area contributed by atoms with Gasteiger partial charge in [0.15, 0.2) is 0 Å². The molecule has 17 heavy (non-hydrogen) atoms. The van der Waals surface area contributed by atoms with E-state index in [1.807, 2.05) is 0 Å². The molecule has 0 aliphatic rings. The number of ether oxygens (including phenoxy) is 1. The van der Waals surface area contributed by atoms with Crippen LogP contribution in [0, 0.1) is 0 Å². The molecule has 1 aromatic rings. The fourth-order valence-corrected chi connectivity index (χ4v) is 4.28. The average molecular weight is 340 g/mol. The van der Waals surface area contributed by atoms with Crippen molar-refractivity contribution in [2.45, 2.75) is 11.8 Å². The zero-order valence-corrected chi connectivity index (χ0v) is 11.7.